The van der Waals surface area contributed by atoms with Gasteiger partial charge in [0.1, 0.15) is 0 Å². The predicted octanol–water partition coefficient (Wildman–Crippen LogP) is 1.76. The minimum atomic E-state index is -3.52. The number of sulfonamides is 1. The predicted molar refractivity (Wildman–Crippen MR) is 71.7 cm³/mol. The number of rotatable bonds is 5. The van der Waals surface area contributed by atoms with Gasteiger partial charge < -0.3 is 5.11 Å². The van der Waals surface area contributed by atoms with E-state index in [-0.39, 0.29) is 16.9 Å². The van der Waals surface area contributed by atoms with Crippen molar-refractivity contribution >= 4 is 10.0 Å². The normalized spacial score (nSPS) is 14.4. The van der Waals surface area contributed by atoms with E-state index >= 15 is 0 Å². The van der Waals surface area contributed by atoms with Gasteiger partial charge in [-0.25, -0.2) is 13.1 Å². The zero-order valence-corrected chi connectivity index (χ0v) is 11.9. The standard InChI is InChI=1S/C13H21NO3S/c1-13(2,3)9-11(15)10-14-18(16,17)12-7-5-4-6-8-12/h4-8,11,14-15H,9-10H2,1-3H3. The van der Waals surface area contributed by atoms with Crippen LogP contribution in [0.25, 0.3) is 0 Å². The SMILES string of the molecule is CC(C)(C)CC(O)CNS(=O)(=O)c1ccccc1. The van der Waals surface area contributed by atoms with Crippen LogP contribution in [-0.4, -0.2) is 26.2 Å². The lowest BCUT2D eigenvalue weighted by Gasteiger charge is -2.22. The summed E-state index contributed by atoms with van der Waals surface area (Å²) in [5.41, 5.74) is -0.0302. The van der Waals surface area contributed by atoms with Crippen LogP contribution in [0, 0.1) is 5.41 Å². The van der Waals surface area contributed by atoms with Crippen molar-refractivity contribution in [3.63, 3.8) is 0 Å². The highest BCUT2D eigenvalue weighted by Crippen LogP contribution is 2.20. The van der Waals surface area contributed by atoms with E-state index in [0.29, 0.717) is 6.42 Å². The second-order valence-electron chi connectivity index (χ2n) is 5.58. The highest BCUT2D eigenvalue weighted by molar-refractivity contribution is 7.89. The zero-order valence-electron chi connectivity index (χ0n) is 11.1. The molecule has 1 aromatic carbocycles. The molecule has 1 aromatic rings. The summed E-state index contributed by atoms with van der Waals surface area (Å²) in [6.07, 6.45) is -0.131. The van der Waals surface area contributed by atoms with Gasteiger partial charge in [0.15, 0.2) is 0 Å². The third kappa shape index (κ3) is 5.16. The van der Waals surface area contributed by atoms with Crippen LogP contribution in [0.5, 0.6) is 0 Å². The number of aliphatic hydroxyl groups is 1. The molecule has 0 fully saturated rings. The number of aliphatic hydroxyl groups excluding tert-OH is 1. The first kappa shape index (κ1) is 15.1. The third-order valence-electron chi connectivity index (χ3n) is 2.41. The molecule has 18 heavy (non-hydrogen) atoms. The lowest BCUT2D eigenvalue weighted by atomic mass is 9.89. The lowest BCUT2D eigenvalue weighted by Crippen LogP contribution is -2.34. The van der Waals surface area contributed by atoms with Crippen LogP contribution in [-0.2, 0) is 10.0 Å². The van der Waals surface area contributed by atoms with Crippen LogP contribution in [0.3, 0.4) is 0 Å². The van der Waals surface area contributed by atoms with Crippen molar-refractivity contribution in [2.24, 2.45) is 5.41 Å². The molecule has 1 atom stereocenters. The van der Waals surface area contributed by atoms with E-state index in [1.165, 1.54) is 12.1 Å². The molecule has 0 aliphatic heterocycles. The van der Waals surface area contributed by atoms with Gasteiger partial charge in [0.25, 0.3) is 0 Å². The monoisotopic (exact) mass is 271 g/mol. The number of benzene rings is 1. The smallest absolute Gasteiger partial charge is 0.240 e. The summed E-state index contributed by atoms with van der Waals surface area (Å²) < 4.78 is 26.2. The van der Waals surface area contributed by atoms with Crippen molar-refractivity contribution in [3.8, 4) is 0 Å². The third-order valence-corrected chi connectivity index (χ3v) is 3.85. The average molecular weight is 271 g/mol. The molecule has 2 N–H and O–H groups in total. The van der Waals surface area contributed by atoms with E-state index < -0.39 is 16.1 Å². The van der Waals surface area contributed by atoms with Gasteiger partial charge >= 0.3 is 0 Å². The largest absolute Gasteiger partial charge is 0.392 e. The summed E-state index contributed by atoms with van der Waals surface area (Å²) in [7, 11) is -3.52. The molecule has 0 aromatic heterocycles. The first-order valence-corrected chi connectivity index (χ1v) is 7.42. The summed E-state index contributed by atoms with van der Waals surface area (Å²) in [6.45, 7) is 6.04. The van der Waals surface area contributed by atoms with E-state index in [0.717, 1.165) is 0 Å². The first-order chi connectivity index (χ1) is 8.21. The summed E-state index contributed by atoms with van der Waals surface area (Å²) in [6, 6.07) is 8.14. The fourth-order valence-electron chi connectivity index (χ4n) is 1.67. The number of nitrogens with one attached hydrogen (secondary N) is 1. The van der Waals surface area contributed by atoms with E-state index in [9.17, 15) is 13.5 Å². The van der Waals surface area contributed by atoms with Gasteiger partial charge in [-0.05, 0) is 24.0 Å². The summed E-state index contributed by atoms with van der Waals surface area (Å²) in [4.78, 5) is 0.216. The van der Waals surface area contributed by atoms with Crippen LogP contribution in [0.4, 0.5) is 0 Å². The van der Waals surface area contributed by atoms with Crippen molar-refractivity contribution in [2.75, 3.05) is 6.54 Å². The van der Waals surface area contributed by atoms with E-state index in [4.69, 9.17) is 0 Å². The molecular formula is C13H21NO3S. The quantitative estimate of drug-likeness (QED) is 0.857. The summed E-state index contributed by atoms with van der Waals surface area (Å²) >= 11 is 0. The molecule has 0 spiro atoms. The maximum atomic E-state index is 11.9. The van der Waals surface area contributed by atoms with Gasteiger partial charge in [-0.1, -0.05) is 39.0 Å². The second kappa shape index (κ2) is 5.82. The maximum Gasteiger partial charge on any atom is 0.240 e. The number of hydrogen-bond donors (Lipinski definition) is 2. The van der Waals surface area contributed by atoms with Crippen molar-refractivity contribution in [1.29, 1.82) is 0 Å². The van der Waals surface area contributed by atoms with Crippen LogP contribution in [0.15, 0.2) is 35.2 Å². The fraction of sp³-hybridized carbons (Fsp3) is 0.538. The topological polar surface area (TPSA) is 66.4 Å². The van der Waals surface area contributed by atoms with Gasteiger partial charge in [0.05, 0.1) is 11.0 Å². The van der Waals surface area contributed by atoms with Crippen molar-refractivity contribution in [2.45, 2.75) is 38.2 Å². The molecule has 5 heteroatoms. The van der Waals surface area contributed by atoms with E-state index in [2.05, 4.69) is 4.72 Å². The highest BCUT2D eigenvalue weighted by Gasteiger charge is 2.19. The molecule has 0 radical (unpaired) electrons. The van der Waals surface area contributed by atoms with Gasteiger partial charge in [-0.2, -0.15) is 0 Å². The average Bonchev–Trinajstić information content (AvgIpc) is 2.26. The Bertz CT molecular complexity index is 463. The van der Waals surface area contributed by atoms with Crippen molar-refractivity contribution in [3.05, 3.63) is 30.3 Å². The van der Waals surface area contributed by atoms with Crippen LogP contribution in [0.1, 0.15) is 27.2 Å². The molecule has 0 saturated carbocycles. The Kier molecular flexibility index (Phi) is 4.90. The summed E-state index contributed by atoms with van der Waals surface area (Å²) in [5.74, 6) is 0. The molecule has 102 valence electrons. The minimum absolute atomic E-state index is 0.0302. The van der Waals surface area contributed by atoms with Gasteiger partial charge in [-0.3, -0.25) is 0 Å². The minimum Gasteiger partial charge on any atom is -0.392 e. The number of hydrogen-bond acceptors (Lipinski definition) is 3. The molecule has 0 aliphatic rings. The molecular weight excluding hydrogens is 250 g/mol. The molecule has 0 amide bonds. The molecule has 4 nitrogen and oxygen atoms in total. The van der Waals surface area contributed by atoms with Gasteiger partial charge in [-0.15, -0.1) is 0 Å². The van der Waals surface area contributed by atoms with E-state index in [1.807, 2.05) is 20.8 Å². The van der Waals surface area contributed by atoms with Crippen LogP contribution >= 0.6 is 0 Å². The molecule has 1 unspecified atom stereocenters. The van der Waals surface area contributed by atoms with Crippen molar-refractivity contribution in [1.82, 2.24) is 4.72 Å². The van der Waals surface area contributed by atoms with Crippen LogP contribution in [0.2, 0.25) is 0 Å². The zero-order chi connectivity index (χ0) is 13.8. The van der Waals surface area contributed by atoms with Crippen molar-refractivity contribution < 1.29 is 13.5 Å². The fourth-order valence-corrected chi connectivity index (χ4v) is 2.76. The Labute approximate surface area is 109 Å². The Morgan fingerprint density at radius 3 is 2.28 bits per heavy atom. The van der Waals surface area contributed by atoms with Gasteiger partial charge in [0.2, 0.25) is 10.0 Å². The summed E-state index contributed by atoms with van der Waals surface area (Å²) in [5, 5.41) is 9.77. The molecule has 0 aliphatic carbocycles. The second-order valence-corrected chi connectivity index (χ2v) is 7.35. The van der Waals surface area contributed by atoms with Gasteiger partial charge in [0, 0.05) is 6.54 Å². The molecule has 1 rings (SSSR count). The highest BCUT2D eigenvalue weighted by atomic mass is 32.2. The Balaban J connectivity index is 2.58. The van der Waals surface area contributed by atoms with E-state index in [1.54, 1.807) is 18.2 Å². The first-order valence-electron chi connectivity index (χ1n) is 5.93. The molecule has 0 saturated heterocycles. The Morgan fingerprint density at radius 1 is 1.22 bits per heavy atom. The lowest BCUT2D eigenvalue weighted by molar-refractivity contribution is 0.125. The Hall–Kier alpha value is -0.910. The molecule has 0 bridgehead atoms. The van der Waals surface area contributed by atoms with Crippen LogP contribution < -0.4 is 4.72 Å². The molecule has 0 heterocycles. The Morgan fingerprint density at radius 2 is 1.78 bits per heavy atom. The maximum absolute atomic E-state index is 11.9.